The Hall–Kier alpha value is -1.26. The number of hydrogen-bond donors (Lipinski definition) is 1. The van der Waals surface area contributed by atoms with E-state index in [0.717, 1.165) is 50.9 Å². The lowest BCUT2D eigenvalue weighted by Crippen LogP contribution is -2.38. The van der Waals surface area contributed by atoms with Crippen molar-refractivity contribution in [1.29, 1.82) is 0 Å². The quantitative estimate of drug-likeness (QED) is 0.863. The van der Waals surface area contributed by atoms with E-state index in [0.29, 0.717) is 0 Å². The number of hydrogen-bond acceptors (Lipinski definition) is 4. The monoisotopic (exact) mass is 250 g/mol. The minimum absolute atomic E-state index is 0.729. The van der Waals surface area contributed by atoms with Crippen LogP contribution in [0.2, 0.25) is 0 Å². The molecule has 0 saturated carbocycles. The van der Waals surface area contributed by atoms with Gasteiger partial charge in [-0.15, -0.1) is 0 Å². The summed E-state index contributed by atoms with van der Waals surface area (Å²) in [4.78, 5) is 2.37. The molecule has 1 N–H and O–H groups in total. The van der Waals surface area contributed by atoms with Gasteiger partial charge in [0.15, 0.2) is 0 Å². The van der Waals surface area contributed by atoms with Crippen molar-refractivity contribution in [3.05, 3.63) is 23.8 Å². The number of aryl methyl sites for hydroxylation is 1. The van der Waals surface area contributed by atoms with Gasteiger partial charge in [-0.2, -0.15) is 0 Å². The van der Waals surface area contributed by atoms with Crippen LogP contribution in [-0.2, 0) is 4.74 Å². The molecular formula is C14H22N2O2. The van der Waals surface area contributed by atoms with Gasteiger partial charge in [0.25, 0.3) is 0 Å². The molecule has 100 valence electrons. The lowest BCUT2D eigenvalue weighted by molar-refractivity contribution is 0.0322. The highest BCUT2D eigenvalue weighted by Crippen LogP contribution is 2.20. The van der Waals surface area contributed by atoms with Crippen LogP contribution in [0.25, 0.3) is 0 Å². The zero-order chi connectivity index (χ0) is 12.8. The topological polar surface area (TPSA) is 33.7 Å². The van der Waals surface area contributed by atoms with Crippen molar-refractivity contribution in [2.24, 2.45) is 0 Å². The smallest absolute Gasteiger partial charge is 0.121 e. The van der Waals surface area contributed by atoms with E-state index in [9.17, 15) is 0 Å². The summed E-state index contributed by atoms with van der Waals surface area (Å²) in [6, 6.07) is 6.21. The zero-order valence-corrected chi connectivity index (χ0v) is 11.2. The van der Waals surface area contributed by atoms with Gasteiger partial charge in [-0.25, -0.2) is 0 Å². The first-order valence-electron chi connectivity index (χ1n) is 6.50. The Morgan fingerprint density at radius 2 is 2.06 bits per heavy atom. The van der Waals surface area contributed by atoms with Crippen molar-refractivity contribution in [1.82, 2.24) is 4.90 Å². The second kappa shape index (κ2) is 6.61. The standard InChI is InChI=1S/C14H22N2O2/c1-12-9-13(15-2)11-14(10-12)18-8-5-16-3-6-17-7-4-16/h9-11,15H,3-8H2,1-2H3. The van der Waals surface area contributed by atoms with Crippen LogP contribution in [0.15, 0.2) is 18.2 Å². The second-order valence-corrected chi connectivity index (χ2v) is 4.59. The molecule has 1 heterocycles. The van der Waals surface area contributed by atoms with Crippen LogP contribution in [-0.4, -0.2) is 51.4 Å². The maximum Gasteiger partial charge on any atom is 0.121 e. The van der Waals surface area contributed by atoms with Crippen molar-refractivity contribution >= 4 is 5.69 Å². The van der Waals surface area contributed by atoms with Crippen molar-refractivity contribution in [3.8, 4) is 5.75 Å². The fraction of sp³-hybridized carbons (Fsp3) is 0.571. The molecule has 0 unspecified atom stereocenters. The van der Waals surface area contributed by atoms with Gasteiger partial charge in [-0.05, 0) is 24.6 Å². The Kier molecular flexibility index (Phi) is 4.84. The van der Waals surface area contributed by atoms with E-state index in [1.165, 1.54) is 5.56 Å². The minimum atomic E-state index is 0.729. The van der Waals surface area contributed by atoms with E-state index >= 15 is 0 Å². The van der Waals surface area contributed by atoms with Crippen LogP contribution in [0.5, 0.6) is 5.75 Å². The van der Waals surface area contributed by atoms with Gasteiger partial charge in [0.05, 0.1) is 13.2 Å². The molecule has 0 atom stereocenters. The van der Waals surface area contributed by atoms with E-state index in [1.807, 2.05) is 13.1 Å². The number of morpholine rings is 1. The summed E-state index contributed by atoms with van der Waals surface area (Å²) in [5.41, 5.74) is 2.31. The third kappa shape index (κ3) is 3.89. The molecule has 1 fully saturated rings. The molecule has 1 aliphatic heterocycles. The fourth-order valence-electron chi connectivity index (χ4n) is 2.09. The predicted molar refractivity (Wildman–Crippen MR) is 73.5 cm³/mol. The van der Waals surface area contributed by atoms with Gasteiger partial charge in [0.1, 0.15) is 12.4 Å². The van der Waals surface area contributed by atoms with Crippen molar-refractivity contribution < 1.29 is 9.47 Å². The third-order valence-electron chi connectivity index (χ3n) is 3.12. The van der Waals surface area contributed by atoms with Crippen LogP contribution >= 0.6 is 0 Å². The highest BCUT2D eigenvalue weighted by atomic mass is 16.5. The van der Waals surface area contributed by atoms with Gasteiger partial charge < -0.3 is 14.8 Å². The molecule has 4 heteroatoms. The molecular weight excluding hydrogens is 228 g/mol. The first-order valence-corrected chi connectivity index (χ1v) is 6.50. The molecule has 1 saturated heterocycles. The summed E-state index contributed by atoms with van der Waals surface area (Å²) >= 11 is 0. The molecule has 0 aliphatic carbocycles. The van der Waals surface area contributed by atoms with Crippen molar-refractivity contribution in [2.45, 2.75) is 6.92 Å². The fourth-order valence-corrected chi connectivity index (χ4v) is 2.09. The summed E-state index contributed by atoms with van der Waals surface area (Å²) in [5, 5.41) is 3.14. The van der Waals surface area contributed by atoms with Crippen LogP contribution in [0, 0.1) is 6.92 Å². The van der Waals surface area contributed by atoms with Crippen LogP contribution in [0.3, 0.4) is 0 Å². The Morgan fingerprint density at radius 1 is 1.28 bits per heavy atom. The Bertz CT molecular complexity index is 376. The number of nitrogens with zero attached hydrogens (tertiary/aromatic N) is 1. The largest absolute Gasteiger partial charge is 0.492 e. The molecule has 0 bridgehead atoms. The van der Waals surface area contributed by atoms with Crippen molar-refractivity contribution in [2.75, 3.05) is 51.8 Å². The second-order valence-electron chi connectivity index (χ2n) is 4.59. The van der Waals surface area contributed by atoms with E-state index in [1.54, 1.807) is 0 Å². The highest BCUT2D eigenvalue weighted by molar-refractivity contribution is 5.50. The molecule has 0 aromatic heterocycles. The van der Waals surface area contributed by atoms with Gasteiger partial charge in [0.2, 0.25) is 0 Å². The Morgan fingerprint density at radius 3 is 2.78 bits per heavy atom. The maximum absolute atomic E-state index is 5.81. The minimum Gasteiger partial charge on any atom is -0.492 e. The SMILES string of the molecule is CNc1cc(C)cc(OCCN2CCOCC2)c1. The summed E-state index contributed by atoms with van der Waals surface area (Å²) in [6.07, 6.45) is 0. The molecule has 1 aromatic rings. The van der Waals surface area contributed by atoms with E-state index in [-0.39, 0.29) is 0 Å². The molecule has 4 nitrogen and oxygen atoms in total. The molecule has 2 rings (SSSR count). The molecule has 18 heavy (non-hydrogen) atoms. The van der Waals surface area contributed by atoms with Crippen LogP contribution in [0.4, 0.5) is 5.69 Å². The van der Waals surface area contributed by atoms with Gasteiger partial charge in [0, 0.05) is 38.4 Å². The van der Waals surface area contributed by atoms with E-state index in [4.69, 9.17) is 9.47 Å². The average molecular weight is 250 g/mol. The summed E-state index contributed by atoms with van der Waals surface area (Å²) in [5.74, 6) is 0.938. The van der Waals surface area contributed by atoms with E-state index < -0.39 is 0 Å². The zero-order valence-electron chi connectivity index (χ0n) is 11.2. The average Bonchev–Trinajstić information content (AvgIpc) is 2.39. The lowest BCUT2D eigenvalue weighted by Gasteiger charge is -2.26. The summed E-state index contributed by atoms with van der Waals surface area (Å²) in [7, 11) is 1.92. The Balaban J connectivity index is 1.80. The molecule has 0 spiro atoms. The van der Waals surface area contributed by atoms with Gasteiger partial charge >= 0.3 is 0 Å². The molecule has 1 aliphatic rings. The molecule has 1 aromatic carbocycles. The summed E-state index contributed by atoms with van der Waals surface area (Å²) in [6.45, 7) is 7.48. The van der Waals surface area contributed by atoms with Crippen LogP contribution in [0.1, 0.15) is 5.56 Å². The molecule has 0 amide bonds. The van der Waals surface area contributed by atoms with Crippen molar-refractivity contribution in [3.63, 3.8) is 0 Å². The third-order valence-corrected chi connectivity index (χ3v) is 3.12. The summed E-state index contributed by atoms with van der Waals surface area (Å²) < 4.78 is 11.1. The normalized spacial score (nSPS) is 16.6. The van der Waals surface area contributed by atoms with Gasteiger partial charge in [-0.3, -0.25) is 4.90 Å². The Labute approximate surface area is 109 Å². The van der Waals surface area contributed by atoms with Gasteiger partial charge in [-0.1, -0.05) is 0 Å². The number of ether oxygens (including phenoxy) is 2. The first kappa shape index (κ1) is 13.2. The highest BCUT2D eigenvalue weighted by Gasteiger charge is 2.09. The first-order chi connectivity index (χ1) is 8.78. The number of anilines is 1. The lowest BCUT2D eigenvalue weighted by atomic mass is 10.2. The maximum atomic E-state index is 5.81. The van der Waals surface area contributed by atoms with Crippen LogP contribution < -0.4 is 10.1 Å². The number of benzene rings is 1. The number of rotatable bonds is 5. The van der Waals surface area contributed by atoms with E-state index in [2.05, 4.69) is 29.3 Å². The number of nitrogens with one attached hydrogen (secondary N) is 1. The predicted octanol–water partition coefficient (Wildman–Crippen LogP) is 1.75. The molecule has 0 radical (unpaired) electrons.